The molecule has 0 bridgehead atoms. The minimum Gasteiger partial charge on any atom is -0.294 e. The summed E-state index contributed by atoms with van der Waals surface area (Å²) in [6, 6.07) is 56.9. The van der Waals surface area contributed by atoms with E-state index in [1.54, 1.807) is 0 Å². The van der Waals surface area contributed by atoms with Crippen molar-refractivity contribution in [2.45, 2.75) is 19.3 Å². The number of para-hydroxylation sites is 1. The zero-order valence-corrected chi connectivity index (χ0v) is 25.9. The van der Waals surface area contributed by atoms with Crippen molar-refractivity contribution in [2.75, 3.05) is 0 Å². The van der Waals surface area contributed by atoms with Gasteiger partial charge in [0.25, 0.3) is 0 Å². The van der Waals surface area contributed by atoms with E-state index in [9.17, 15) is 0 Å². The zero-order chi connectivity index (χ0) is 30.8. The fourth-order valence-electron chi connectivity index (χ4n) is 7.47. The monoisotopic (exact) mass is 588 g/mol. The van der Waals surface area contributed by atoms with Crippen LogP contribution in [-0.4, -0.2) is 9.55 Å². The smallest absolute Gasteiger partial charge is 0.138 e. The van der Waals surface area contributed by atoms with E-state index in [0.717, 1.165) is 28.2 Å². The first kappa shape index (κ1) is 26.7. The maximum atomic E-state index is 5.38. The van der Waals surface area contributed by atoms with E-state index in [0.29, 0.717) is 0 Å². The van der Waals surface area contributed by atoms with Crippen molar-refractivity contribution in [1.82, 2.24) is 9.55 Å². The molecule has 0 saturated carbocycles. The van der Waals surface area contributed by atoms with E-state index in [2.05, 4.69) is 176 Å². The van der Waals surface area contributed by atoms with Gasteiger partial charge in [-0.25, -0.2) is 4.98 Å². The number of pyridine rings is 1. The molecule has 2 aromatic heterocycles. The Labute approximate surface area is 269 Å². The normalized spacial score (nSPS) is 13.2. The van der Waals surface area contributed by atoms with Gasteiger partial charge in [0.2, 0.25) is 0 Å². The number of hydrogen-bond acceptors (Lipinski definition) is 1. The molecule has 2 heterocycles. The molecule has 0 aliphatic heterocycles. The predicted molar refractivity (Wildman–Crippen MR) is 192 cm³/mol. The second-order valence-corrected chi connectivity index (χ2v) is 12.9. The van der Waals surface area contributed by atoms with E-state index in [-0.39, 0.29) is 5.41 Å². The van der Waals surface area contributed by atoms with Gasteiger partial charge < -0.3 is 0 Å². The van der Waals surface area contributed by atoms with Crippen molar-refractivity contribution < 1.29 is 0 Å². The van der Waals surface area contributed by atoms with Crippen LogP contribution in [0.2, 0.25) is 0 Å². The maximum Gasteiger partial charge on any atom is 0.138 e. The summed E-state index contributed by atoms with van der Waals surface area (Å²) in [5.74, 6) is 0.918. The molecular formula is C44H32N2. The predicted octanol–water partition coefficient (Wildman–Crippen LogP) is 11.5. The molecule has 2 heteroatoms. The molecule has 2 nitrogen and oxygen atoms in total. The molecule has 9 rings (SSSR count). The zero-order valence-electron chi connectivity index (χ0n) is 25.9. The molecule has 0 atom stereocenters. The van der Waals surface area contributed by atoms with Crippen LogP contribution in [0.3, 0.4) is 0 Å². The molecule has 218 valence electrons. The standard InChI is InChI=1S/C44H32N2/c1-44(2)38-22-11-9-20-34(38)36-27-37-35-21-10-12-23-41(35)46(42(37)28-39(36)44)43-26-33(25-40(45-43)30-16-7-4-8-17-30)32-19-13-18-31(24-32)29-14-5-3-6-15-29/h3-28H,1-2H3. The molecule has 46 heavy (non-hydrogen) atoms. The summed E-state index contributed by atoms with van der Waals surface area (Å²) in [4.78, 5) is 5.38. The summed E-state index contributed by atoms with van der Waals surface area (Å²) < 4.78 is 2.38. The van der Waals surface area contributed by atoms with Gasteiger partial charge in [-0.3, -0.25) is 4.57 Å². The molecule has 8 aromatic rings. The minimum absolute atomic E-state index is 0.0935. The van der Waals surface area contributed by atoms with Crippen LogP contribution in [0, 0.1) is 0 Å². The van der Waals surface area contributed by atoms with Crippen LogP contribution >= 0.6 is 0 Å². The molecule has 0 N–H and O–H groups in total. The van der Waals surface area contributed by atoms with Gasteiger partial charge in [-0.05, 0) is 80.9 Å². The lowest BCUT2D eigenvalue weighted by atomic mass is 9.82. The molecular weight excluding hydrogens is 556 g/mol. The average Bonchev–Trinajstić information content (AvgIpc) is 3.56. The van der Waals surface area contributed by atoms with Crippen molar-refractivity contribution in [3.05, 3.63) is 169 Å². The fourth-order valence-corrected chi connectivity index (χ4v) is 7.47. The van der Waals surface area contributed by atoms with Gasteiger partial charge in [-0.15, -0.1) is 0 Å². The molecule has 0 unspecified atom stereocenters. The highest BCUT2D eigenvalue weighted by atomic mass is 15.1. The van der Waals surface area contributed by atoms with E-state index in [4.69, 9.17) is 4.98 Å². The van der Waals surface area contributed by atoms with Gasteiger partial charge in [0.05, 0.1) is 16.7 Å². The van der Waals surface area contributed by atoms with Gasteiger partial charge in [-0.2, -0.15) is 0 Å². The third-order valence-electron chi connectivity index (χ3n) is 9.79. The number of rotatable bonds is 4. The number of fused-ring (bicyclic) bond motifs is 6. The molecule has 0 saturated heterocycles. The van der Waals surface area contributed by atoms with Crippen LogP contribution in [-0.2, 0) is 5.41 Å². The Hall–Kier alpha value is -5.73. The Morgan fingerprint density at radius 1 is 0.435 bits per heavy atom. The Balaban J connectivity index is 1.32. The summed E-state index contributed by atoms with van der Waals surface area (Å²) in [5.41, 5.74) is 14.4. The summed E-state index contributed by atoms with van der Waals surface area (Å²) in [5, 5.41) is 2.49. The third-order valence-corrected chi connectivity index (χ3v) is 9.79. The second-order valence-electron chi connectivity index (χ2n) is 12.9. The highest BCUT2D eigenvalue weighted by Crippen LogP contribution is 2.51. The van der Waals surface area contributed by atoms with E-state index in [1.165, 1.54) is 55.2 Å². The van der Waals surface area contributed by atoms with Crippen LogP contribution < -0.4 is 0 Å². The number of hydrogen-bond donors (Lipinski definition) is 0. The van der Waals surface area contributed by atoms with Gasteiger partial charge in [0.15, 0.2) is 0 Å². The Morgan fingerprint density at radius 2 is 1.09 bits per heavy atom. The lowest BCUT2D eigenvalue weighted by Crippen LogP contribution is -2.15. The molecule has 0 fully saturated rings. The number of aromatic nitrogens is 2. The molecule has 1 aliphatic rings. The van der Waals surface area contributed by atoms with Crippen molar-refractivity contribution in [1.29, 1.82) is 0 Å². The summed E-state index contributed by atoms with van der Waals surface area (Å²) in [7, 11) is 0. The van der Waals surface area contributed by atoms with Crippen molar-refractivity contribution in [3.63, 3.8) is 0 Å². The first-order valence-electron chi connectivity index (χ1n) is 16.0. The topological polar surface area (TPSA) is 17.8 Å². The van der Waals surface area contributed by atoms with Crippen LogP contribution in [0.1, 0.15) is 25.0 Å². The van der Waals surface area contributed by atoms with Gasteiger partial charge in [0, 0.05) is 21.8 Å². The lowest BCUT2D eigenvalue weighted by Gasteiger charge is -2.21. The highest BCUT2D eigenvalue weighted by Gasteiger charge is 2.36. The summed E-state index contributed by atoms with van der Waals surface area (Å²) in [6.07, 6.45) is 0. The Kier molecular flexibility index (Phi) is 5.88. The minimum atomic E-state index is -0.0935. The van der Waals surface area contributed by atoms with Crippen molar-refractivity contribution in [2.24, 2.45) is 0 Å². The molecule has 0 amide bonds. The lowest BCUT2D eigenvalue weighted by molar-refractivity contribution is 0.661. The average molecular weight is 589 g/mol. The largest absolute Gasteiger partial charge is 0.294 e. The summed E-state index contributed by atoms with van der Waals surface area (Å²) in [6.45, 7) is 4.70. The van der Waals surface area contributed by atoms with E-state index in [1.807, 2.05) is 0 Å². The SMILES string of the molecule is CC1(C)c2ccccc2-c2cc3c4ccccc4n(-c4cc(-c5cccc(-c6ccccc6)c5)cc(-c5ccccc5)n4)c3cc21. The van der Waals surface area contributed by atoms with Crippen molar-refractivity contribution >= 4 is 21.8 Å². The van der Waals surface area contributed by atoms with Crippen LogP contribution in [0.25, 0.3) is 72.3 Å². The Morgan fingerprint density at radius 3 is 1.89 bits per heavy atom. The fraction of sp³-hybridized carbons (Fsp3) is 0.0682. The number of nitrogens with zero attached hydrogens (tertiary/aromatic N) is 2. The molecule has 0 spiro atoms. The highest BCUT2D eigenvalue weighted by molar-refractivity contribution is 6.11. The molecule has 1 aliphatic carbocycles. The van der Waals surface area contributed by atoms with Crippen molar-refractivity contribution in [3.8, 4) is 50.5 Å². The van der Waals surface area contributed by atoms with Gasteiger partial charge >= 0.3 is 0 Å². The second kappa shape index (κ2) is 10.2. The van der Waals surface area contributed by atoms with Gasteiger partial charge in [0.1, 0.15) is 5.82 Å². The number of benzene rings is 6. The third kappa shape index (κ3) is 4.07. The van der Waals surface area contributed by atoms with Crippen LogP contribution in [0.5, 0.6) is 0 Å². The first-order chi connectivity index (χ1) is 22.6. The molecule has 0 radical (unpaired) electrons. The van der Waals surface area contributed by atoms with Gasteiger partial charge in [-0.1, -0.05) is 135 Å². The van der Waals surface area contributed by atoms with Crippen LogP contribution in [0.15, 0.2) is 158 Å². The summed E-state index contributed by atoms with van der Waals surface area (Å²) >= 11 is 0. The molecule has 6 aromatic carbocycles. The van der Waals surface area contributed by atoms with Crippen LogP contribution in [0.4, 0.5) is 0 Å². The maximum absolute atomic E-state index is 5.38. The van der Waals surface area contributed by atoms with E-state index < -0.39 is 0 Å². The Bertz CT molecular complexity index is 2430. The van der Waals surface area contributed by atoms with E-state index >= 15 is 0 Å². The first-order valence-corrected chi connectivity index (χ1v) is 16.0. The quantitative estimate of drug-likeness (QED) is 0.200.